The Balaban J connectivity index is 2.04. The van der Waals surface area contributed by atoms with Gasteiger partial charge in [0.25, 0.3) is 0 Å². The zero-order valence-electron chi connectivity index (χ0n) is 10.2. The molecule has 0 aliphatic rings. The van der Waals surface area contributed by atoms with Crippen LogP contribution in [0.15, 0.2) is 60.7 Å². The number of nitrogens with two attached hydrogens (primary N) is 1. The van der Waals surface area contributed by atoms with Crippen LogP contribution in [0.1, 0.15) is 0 Å². The summed E-state index contributed by atoms with van der Waals surface area (Å²) in [6, 6.07) is 18.1. The van der Waals surface area contributed by atoms with E-state index in [2.05, 4.69) is 5.32 Å². The molecule has 0 spiro atoms. The van der Waals surface area contributed by atoms with Crippen LogP contribution in [0.2, 0.25) is 0 Å². The van der Waals surface area contributed by atoms with Gasteiger partial charge in [-0.15, -0.1) is 0 Å². The van der Waals surface area contributed by atoms with Gasteiger partial charge in [-0.25, -0.2) is 4.39 Å². The molecule has 3 aromatic rings. The van der Waals surface area contributed by atoms with E-state index in [4.69, 9.17) is 5.73 Å². The third-order valence-electron chi connectivity index (χ3n) is 3.07. The first-order valence-electron chi connectivity index (χ1n) is 6.04. The number of nitrogens with one attached hydrogen (secondary N) is 1. The molecule has 0 aliphatic heterocycles. The lowest BCUT2D eigenvalue weighted by Gasteiger charge is -2.11. The minimum Gasteiger partial charge on any atom is -0.397 e. The van der Waals surface area contributed by atoms with Gasteiger partial charge in [-0.2, -0.15) is 0 Å². The maximum atomic E-state index is 13.2. The highest BCUT2D eigenvalue weighted by Gasteiger charge is 2.04. The standard InChI is InChI=1S/C16H13FN2/c17-12-5-3-6-13(10-12)19-15-9-8-11-4-1-2-7-14(11)16(15)18/h1-10,19H,18H2. The van der Waals surface area contributed by atoms with E-state index in [-0.39, 0.29) is 5.82 Å². The molecule has 0 fully saturated rings. The van der Waals surface area contributed by atoms with Crippen molar-refractivity contribution in [1.82, 2.24) is 0 Å². The van der Waals surface area contributed by atoms with E-state index < -0.39 is 0 Å². The van der Waals surface area contributed by atoms with Gasteiger partial charge in [0, 0.05) is 11.1 Å². The lowest BCUT2D eigenvalue weighted by Crippen LogP contribution is -1.97. The van der Waals surface area contributed by atoms with Crippen LogP contribution in [0.4, 0.5) is 21.5 Å². The van der Waals surface area contributed by atoms with E-state index in [0.29, 0.717) is 11.4 Å². The van der Waals surface area contributed by atoms with Crippen molar-refractivity contribution in [3.63, 3.8) is 0 Å². The van der Waals surface area contributed by atoms with Gasteiger partial charge in [0.2, 0.25) is 0 Å². The van der Waals surface area contributed by atoms with E-state index in [1.165, 1.54) is 12.1 Å². The second kappa shape index (κ2) is 4.61. The summed E-state index contributed by atoms with van der Waals surface area (Å²) in [4.78, 5) is 0. The van der Waals surface area contributed by atoms with Crippen molar-refractivity contribution in [2.45, 2.75) is 0 Å². The summed E-state index contributed by atoms with van der Waals surface area (Å²) in [5, 5.41) is 5.22. The van der Waals surface area contributed by atoms with Crippen molar-refractivity contribution < 1.29 is 4.39 Å². The summed E-state index contributed by atoms with van der Waals surface area (Å²) in [6.45, 7) is 0. The summed E-state index contributed by atoms with van der Waals surface area (Å²) in [5.41, 5.74) is 8.28. The summed E-state index contributed by atoms with van der Waals surface area (Å²) >= 11 is 0. The van der Waals surface area contributed by atoms with Crippen LogP contribution in [0.25, 0.3) is 10.8 Å². The fraction of sp³-hybridized carbons (Fsp3) is 0. The number of anilines is 3. The normalized spacial score (nSPS) is 10.6. The molecule has 19 heavy (non-hydrogen) atoms. The first-order valence-corrected chi connectivity index (χ1v) is 6.04. The first-order chi connectivity index (χ1) is 9.24. The lowest BCUT2D eigenvalue weighted by atomic mass is 10.1. The van der Waals surface area contributed by atoms with Crippen LogP contribution in [-0.4, -0.2) is 0 Å². The van der Waals surface area contributed by atoms with Crippen LogP contribution < -0.4 is 11.1 Å². The largest absolute Gasteiger partial charge is 0.397 e. The Morgan fingerprint density at radius 3 is 2.58 bits per heavy atom. The number of fused-ring (bicyclic) bond motifs is 1. The smallest absolute Gasteiger partial charge is 0.125 e. The Kier molecular flexibility index (Phi) is 2.80. The number of halogens is 1. The van der Waals surface area contributed by atoms with Gasteiger partial charge < -0.3 is 11.1 Å². The second-order valence-corrected chi connectivity index (χ2v) is 4.38. The third kappa shape index (κ3) is 2.22. The molecule has 0 unspecified atom stereocenters. The van der Waals surface area contributed by atoms with Gasteiger partial charge in [-0.3, -0.25) is 0 Å². The average molecular weight is 252 g/mol. The number of benzene rings is 3. The van der Waals surface area contributed by atoms with Crippen LogP contribution in [0, 0.1) is 5.82 Å². The van der Waals surface area contributed by atoms with Crippen LogP contribution >= 0.6 is 0 Å². The molecule has 94 valence electrons. The predicted octanol–water partition coefficient (Wildman–Crippen LogP) is 4.30. The first kappa shape index (κ1) is 11.5. The van der Waals surface area contributed by atoms with E-state index in [1.54, 1.807) is 12.1 Å². The zero-order valence-corrected chi connectivity index (χ0v) is 10.2. The van der Waals surface area contributed by atoms with Crippen molar-refractivity contribution in [2.24, 2.45) is 0 Å². The topological polar surface area (TPSA) is 38.0 Å². The Morgan fingerprint density at radius 2 is 1.74 bits per heavy atom. The summed E-state index contributed by atoms with van der Waals surface area (Å²) in [6.07, 6.45) is 0. The molecule has 0 heterocycles. The van der Waals surface area contributed by atoms with Gasteiger partial charge >= 0.3 is 0 Å². The van der Waals surface area contributed by atoms with Crippen LogP contribution in [0.3, 0.4) is 0 Å². The molecule has 2 nitrogen and oxygen atoms in total. The van der Waals surface area contributed by atoms with Crippen molar-refractivity contribution >= 4 is 27.8 Å². The van der Waals surface area contributed by atoms with E-state index in [0.717, 1.165) is 16.5 Å². The van der Waals surface area contributed by atoms with Gasteiger partial charge in [0.1, 0.15) is 5.82 Å². The Labute approximate surface area is 110 Å². The quantitative estimate of drug-likeness (QED) is 0.667. The SMILES string of the molecule is Nc1c(Nc2cccc(F)c2)ccc2ccccc12. The molecule has 0 radical (unpaired) electrons. The molecule has 0 saturated heterocycles. The maximum Gasteiger partial charge on any atom is 0.125 e. The lowest BCUT2D eigenvalue weighted by molar-refractivity contribution is 0.628. The van der Waals surface area contributed by atoms with Gasteiger partial charge in [0.15, 0.2) is 0 Å². The molecule has 0 saturated carbocycles. The maximum absolute atomic E-state index is 13.2. The van der Waals surface area contributed by atoms with Crippen molar-refractivity contribution in [3.8, 4) is 0 Å². The molecular formula is C16H13FN2. The molecule has 3 aromatic carbocycles. The van der Waals surface area contributed by atoms with Gasteiger partial charge in [0.05, 0.1) is 11.4 Å². The van der Waals surface area contributed by atoms with E-state index in [9.17, 15) is 4.39 Å². The van der Waals surface area contributed by atoms with Crippen molar-refractivity contribution in [3.05, 3.63) is 66.5 Å². The Hall–Kier alpha value is -2.55. The highest BCUT2D eigenvalue weighted by molar-refractivity contribution is 5.99. The minimum absolute atomic E-state index is 0.274. The minimum atomic E-state index is -0.274. The molecule has 0 aromatic heterocycles. The number of nitrogen functional groups attached to an aromatic ring is 1. The van der Waals surface area contributed by atoms with Crippen molar-refractivity contribution in [2.75, 3.05) is 11.1 Å². The van der Waals surface area contributed by atoms with Crippen molar-refractivity contribution in [1.29, 1.82) is 0 Å². The number of hydrogen-bond acceptors (Lipinski definition) is 2. The fourth-order valence-electron chi connectivity index (χ4n) is 2.13. The fourth-order valence-corrected chi connectivity index (χ4v) is 2.13. The molecule has 0 aliphatic carbocycles. The van der Waals surface area contributed by atoms with Gasteiger partial charge in [-0.1, -0.05) is 36.4 Å². The predicted molar refractivity (Wildman–Crippen MR) is 78.0 cm³/mol. The molecule has 0 amide bonds. The monoisotopic (exact) mass is 252 g/mol. The zero-order chi connectivity index (χ0) is 13.2. The van der Waals surface area contributed by atoms with Crippen LogP contribution in [-0.2, 0) is 0 Å². The average Bonchev–Trinajstić information content (AvgIpc) is 2.42. The molecule has 0 bridgehead atoms. The summed E-state index contributed by atoms with van der Waals surface area (Å²) in [5.74, 6) is -0.274. The molecule has 3 heteroatoms. The molecule has 3 rings (SSSR count). The summed E-state index contributed by atoms with van der Waals surface area (Å²) in [7, 11) is 0. The third-order valence-corrected chi connectivity index (χ3v) is 3.07. The molecular weight excluding hydrogens is 239 g/mol. The Morgan fingerprint density at radius 1 is 0.895 bits per heavy atom. The Bertz CT molecular complexity index is 738. The number of rotatable bonds is 2. The van der Waals surface area contributed by atoms with E-state index in [1.807, 2.05) is 36.4 Å². The number of hydrogen-bond donors (Lipinski definition) is 2. The van der Waals surface area contributed by atoms with E-state index >= 15 is 0 Å². The van der Waals surface area contributed by atoms with Crippen LogP contribution in [0.5, 0.6) is 0 Å². The molecule has 0 atom stereocenters. The summed E-state index contributed by atoms with van der Waals surface area (Å²) < 4.78 is 13.2. The second-order valence-electron chi connectivity index (χ2n) is 4.38. The van der Waals surface area contributed by atoms with Gasteiger partial charge in [-0.05, 0) is 29.7 Å². The highest BCUT2D eigenvalue weighted by Crippen LogP contribution is 2.30. The highest BCUT2D eigenvalue weighted by atomic mass is 19.1. The molecule has 3 N–H and O–H groups in total.